The molecule has 4 heteroatoms. The molecular formula is C19H22ClNO2. The SMILES string of the molecule is Cc1cc(Cl)ccc1OC(C)C(=O)NCCCc1ccccc1. The first-order chi connectivity index (χ1) is 11.1. The third-order valence-corrected chi connectivity index (χ3v) is 3.83. The number of halogens is 1. The molecule has 1 amide bonds. The van der Waals surface area contributed by atoms with E-state index in [1.165, 1.54) is 5.56 Å². The van der Waals surface area contributed by atoms with Gasteiger partial charge in [-0.15, -0.1) is 0 Å². The molecule has 1 N–H and O–H groups in total. The molecule has 0 bridgehead atoms. The minimum absolute atomic E-state index is 0.104. The highest BCUT2D eigenvalue weighted by Gasteiger charge is 2.15. The Kier molecular flexibility index (Phi) is 6.48. The van der Waals surface area contributed by atoms with Crippen molar-refractivity contribution in [2.45, 2.75) is 32.8 Å². The van der Waals surface area contributed by atoms with Crippen molar-refractivity contribution in [3.8, 4) is 5.75 Å². The zero-order chi connectivity index (χ0) is 16.7. The Morgan fingerprint density at radius 2 is 1.96 bits per heavy atom. The standard InChI is InChI=1S/C19H22ClNO2/c1-14-13-17(20)10-11-18(14)23-15(2)19(22)21-12-6-9-16-7-4-3-5-8-16/h3-5,7-8,10-11,13,15H,6,9,12H2,1-2H3,(H,21,22). The number of aryl methyl sites for hydroxylation is 2. The Hall–Kier alpha value is -2.00. The predicted octanol–water partition coefficient (Wildman–Crippen LogP) is 4.16. The molecule has 2 rings (SSSR count). The molecule has 0 spiro atoms. The number of carbonyl (C=O) groups excluding carboxylic acids is 1. The molecule has 2 aromatic rings. The summed E-state index contributed by atoms with van der Waals surface area (Å²) in [6.45, 7) is 4.30. The number of rotatable bonds is 7. The monoisotopic (exact) mass is 331 g/mol. The number of amides is 1. The molecule has 0 aromatic heterocycles. The maximum absolute atomic E-state index is 12.1. The van der Waals surface area contributed by atoms with Crippen molar-refractivity contribution >= 4 is 17.5 Å². The van der Waals surface area contributed by atoms with Crippen LogP contribution in [0.1, 0.15) is 24.5 Å². The topological polar surface area (TPSA) is 38.3 Å². The van der Waals surface area contributed by atoms with Gasteiger partial charge in [-0.3, -0.25) is 4.79 Å². The Bertz CT molecular complexity index is 643. The molecule has 1 unspecified atom stereocenters. The van der Waals surface area contributed by atoms with Gasteiger partial charge >= 0.3 is 0 Å². The van der Waals surface area contributed by atoms with Gasteiger partial charge in [0.25, 0.3) is 5.91 Å². The second kappa shape index (κ2) is 8.59. The molecule has 23 heavy (non-hydrogen) atoms. The van der Waals surface area contributed by atoms with Gasteiger partial charge in [0, 0.05) is 11.6 Å². The molecule has 0 fully saturated rings. The fourth-order valence-electron chi connectivity index (χ4n) is 2.28. The molecule has 0 aliphatic heterocycles. The van der Waals surface area contributed by atoms with E-state index in [9.17, 15) is 4.79 Å². The highest BCUT2D eigenvalue weighted by molar-refractivity contribution is 6.30. The molecule has 0 radical (unpaired) electrons. The van der Waals surface area contributed by atoms with Gasteiger partial charge in [-0.05, 0) is 56.0 Å². The van der Waals surface area contributed by atoms with E-state index >= 15 is 0 Å². The van der Waals surface area contributed by atoms with Crippen LogP contribution in [0.15, 0.2) is 48.5 Å². The quantitative estimate of drug-likeness (QED) is 0.773. The molecule has 122 valence electrons. The van der Waals surface area contributed by atoms with Crippen LogP contribution in [0, 0.1) is 6.92 Å². The van der Waals surface area contributed by atoms with Crippen molar-refractivity contribution < 1.29 is 9.53 Å². The van der Waals surface area contributed by atoms with E-state index in [0.29, 0.717) is 17.3 Å². The summed E-state index contributed by atoms with van der Waals surface area (Å²) in [5.41, 5.74) is 2.20. The Morgan fingerprint density at radius 1 is 1.22 bits per heavy atom. The van der Waals surface area contributed by atoms with Gasteiger partial charge in [-0.1, -0.05) is 41.9 Å². The third-order valence-electron chi connectivity index (χ3n) is 3.59. The molecule has 0 saturated heterocycles. The van der Waals surface area contributed by atoms with Crippen molar-refractivity contribution in [1.29, 1.82) is 0 Å². The Labute approximate surface area is 142 Å². The number of hydrogen-bond acceptors (Lipinski definition) is 2. The van der Waals surface area contributed by atoms with E-state index in [1.54, 1.807) is 19.1 Å². The van der Waals surface area contributed by atoms with E-state index in [1.807, 2.05) is 31.2 Å². The molecule has 0 aliphatic rings. The average Bonchev–Trinajstić information content (AvgIpc) is 2.55. The lowest BCUT2D eigenvalue weighted by atomic mass is 10.1. The largest absolute Gasteiger partial charge is 0.481 e. The molecule has 3 nitrogen and oxygen atoms in total. The van der Waals surface area contributed by atoms with Crippen molar-refractivity contribution in [1.82, 2.24) is 5.32 Å². The zero-order valence-electron chi connectivity index (χ0n) is 13.5. The van der Waals surface area contributed by atoms with Crippen LogP contribution in [0.5, 0.6) is 5.75 Å². The first-order valence-electron chi connectivity index (χ1n) is 7.80. The summed E-state index contributed by atoms with van der Waals surface area (Å²) in [6, 6.07) is 15.6. The highest BCUT2D eigenvalue weighted by atomic mass is 35.5. The van der Waals surface area contributed by atoms with E-state index in [0.717, 1.165) is 18.4 Å². The van der Waals surface area contributed by atoms with Gasteiger partial charge in [-0.25, -0.2) is 0 Å². The fourth-order valence-corrected chi connectivity index (χ4v) is 2.51. The van der Waals surface area contributed by atoms with E-state index in [4.69, 9.17) is 16.3 Å². The van der Waals surface area contributed by atoms with Gasteiger partial charge < -0.3 is 10.1 Å². The number of benzene rings is 2. The van der Waals surface area contributed by atoms with E-state index in [2.05, 4.69) is 17.4 Å². The summed E-state index contributed by atoms with van der Waals surface area (Å²) < 4.78 is 5.71. The van der Waals surface area contributed by atoms with Crippen LogP contribution >= 0.6 is 11.6 Å². The van der Waals surface area contributed by atoms with Crippen molar-refractivity contribution in [3.63, 3.8) is 0 Å². The molecule has 2 aromatic carbocycles. The fraction of sp³-hybridized carbons (Fsp3) is 0.316. The van der Waals surface area contributed by atoms with Gasteiger partial charge in [0.2, 0.25) is 0 Å². The second-order valence-electron chi connectivity index (χ2n) is 5.55. The molecule has 1 atom stereocenters. The lowest BCUT2D eigenvalue weighted by molar-refractivity contribution is -0.127. The first kappa shape index (κ1) is 17.4. The van der Waals surface area contributed by atoms with Crippen LogP contribution in [0.2, 0.25) is 5.02 Å². The third kappa shape index (κ3) is 5.61. The summed E-state index contributed by atoms with van der Waals surface area (Å²) in [4.78, 5) is 12.1. The lowest BCUT2D eigenvalue weighted by Crippen LogP contribution is -2.37. The summed E-state index contributed by atoms with van der Waals surface area (Å²) in [6.07, 6.45) is 1.32. The highest BCUT2D eigenvalue weighted by Crippen LogP contribution is 2.22. The van der Waals surface area contributed by atoms with Gasteiger partial charge in [0.1, 0.15) is 5.75 Å². The number of hydrogen-bond donors (Lipinski definition) is 1. The summed E-state index contributed by atoms with van der Waals surface area (Å²) in [5.74, 6) is 0.578. The maximum atomic E-state index is 12.1. The molecule has 0 aliphatic carbocycles. The summed E-state index contributed by atoms with van der Waals surface area (Å²) in [7, 11) is 0. The van der Waals surface area contributed by atoms with Crippen LogP contribution in [-0.2, 0) is 11.2 Å². The number of ether oxygens (including phenoxy) is 1. The van der Waals surface area contributed by atoms with Crippen LogP contribution < -0.4 is 10.1 Å². The van der Waals surface area contributed by atoms with Gasteiger partial charge in [-0.2, -0.15) is 0 Å². The van der Waals surface area contributed by atoms with E-state index < -0.39 is 6.10 Å². The first-order valence-corrected chi connectivity index (χ1v) is 8.18. The minimum Gasteiger partial charge on any atom is -0.481 e. The van der Waals surface area contributed by atoms with Crippen molar-refractivity contribution in [2.24, 2.45) is 0 Å². The normalized spacial score (nSPS) is 11.8. The second-order valence-corrected chi connectivity index (χ2v) is 5.99. The lowest BCUT2D eigenvalue weighted by Gasteiger charge is -2.16. The van der Waals surface area contributed by atoms with E-state index in [-0.39, 0.29) is 5.91 Å². The predicted molar refractivity (Wildman–Crippen MR) is 94.1 cm³/mol. The molecular weight excluding hydrogens is 310 g/mol. The zero-order valence-corrected chi connectivity index (χ0v) is 14.3. The Balaban J connectivity index is 1.74. The number of nitrogens with one attached hydrogen (secondary N) is 1. The number of carbonyl (C=O) groups is 1. The van der Waals surface area contributed by atoms with Crippen LogP contribution in [-0.4, -0.2) is 18.6 Å². The van der Waals surface area contributed by atoms with Crippen molar-refractivity contribution in [3.05, 3.63) is 64.7 Å². The maximum Gasteiger partial charge on any atom is 0.260 e. The van der Waals surface area contributed by atoms with Gasteiger partial charge in [0.15, 0.2) is 6.10 Å². The summed E-state index contributed by atoms with van der Waals surface area (Å²) >= 11 is 5.92. The van der Waals surface area contributed by atoms with Crippen LogP contribution in [0.25, 0.3) is 0 Å². The molecule has 0 saturated carbocycles. The van der Waals surface area contributed by atoms with Crippen LogP contribution in [0.4, 0.5) is 0 Å². The van der Waals surface area contributed by atoms with Gasteiger partial charge in [0.05, 0.1) is 0 Å². The minimum atomic E-state index is -0.536. The average molecular weight is 332 g/mol. The molecule has 0 heterocycles. The smallest absolute Gasteiger partial charge is 0.260 e. The Morgan fingerprint density at radius 3 is 2.65 bits per heavy atom. The summed E-state index contributed by atoms with van der Waals surface area (Å²) in [5, 5.41) is 3.57. The van der Waals surface area contributed by atoms with Crippen molar-refractivity contribution in [2.75, 3.05) is 6.54 Å². The van der Waals surface area contributed by atoms with Crippen LogP contribution in [0.3, 0.4) is 0 Å².